The average Bonchev–Trinajstić information content (AvgIpc) is 2.48. The quantitative estimate of drug-likeness (QED) is 0.825. The van der Waals surface area contributed by atoms with Crippen molar-refractivity contribution in [1.82, 2.24) is 0 Å². The average molecular weight is 289 g/mol. The molecule has 2 aromatic rings. The van der Waals surface area contributed by atoms with Crippen LogP contribution >= 0.6 is 0 Å². The Morgan fingerprint density at radius 3 is 2.67 bits per heavy atom. The Morgan fingerprint density at radius 1 is 1.24 bits per heavy atom. The monoisotopic (exact) mass is 289 g/mol. The summed E-state index contributed by atoms with van der Waals surface area (Å²) in [6, 6.07) is 10.3. The maximum Gasteiger partial charge on any atom is 0.305 e. The van der Waals surface area contributed by atoms with Crippen molar-refractivity contribution in [3.05, 3.63) is 47.8 Å². The number of esters is 1. The van der Waals surface area contributed by atoms with Gasteiger partial charge in [-0.15, -0.1) is 0 Å². The minimum atomic E-state index is -0.243. The first-order valence-electron chi connectivity index (χ1n) is 7.21. The molecule has 0 aliphatic heterocycles. The molecule has 0 saturated carbocycles. The number of rotatable bonds is 6. The van der Waals surface area contributed by atoms with Gasteiger partial charge >= 0.3 is 5.97 Å². The fourth-order valence-electron chi connectivity index (χ4n) is 2.46. The summed E-state index contributed by atoms with van der Waals surface area (Å²) in [5.41, 5.74) is 7.11. The van der Waals surface area contributed by atoms with Gasteiger partial charge in [-0.2, -0.15) is 0 Å². The Morgan fingerprint density at radius 2 is 1.95 bits per heavy atom. The van der Waals surface area contributed by atoms with E-state index in [0.29, 0.717) is 31.3 Å². The molecular weight excluding hydrogens is 269 g/mol. The van der Waals surface area contributed by atoms with Gasteiger partial charge in [0.25, 0.3) is 0 Å². The van der Waals surface area contributed by atoms with Gasteiger partial charge in [0.1, 0.15) is 5.82 Å². The van der Waals surface area contributed by atoms with Crippen LogP contribution in [0, 0.1) is 5.82 Å². The summed E-state index contributed by atoms with van der Waals surface area (Å²) in [5.74, 6) is -0.443. The number of hydrogen-bond acceptors (Lipinski definition) is 3. The zero-order valence-electron chi connectivity index (χ0n) is 12.1. The van der Waals surface area contributed by atoms with Gasteiger partial charge in [0.05, 0.1) is 6.61 Å². The Bertz CT molecular complexity index is 627. The second-order valence-electron chi connectivity index (χ2n) is 4.99. The zero-order chi connectivity index (χ0) is 15.2. The van der Waals surface area contributed by atoms with E-state index in [0.717, 1.165) is 10.9 Å². The number of ether oxygens (including phenoxy) is 1. The lowest BCUT2D eigenvalue weighted by atomic mass is 9.95. The van der Waals surface area contributed by atoms with Crippen LogP contribution in [0.5, 0.6) is 0 Å². The number of carbonyl (C=O) groups is 1. The number of carbonyl (C=O) groups excluding carboxylic acids is 1. The lowest BCUT2D eigenvalue weighted by Crippen LogP contribution is -2.12. The molecule has 112 valence electrons. The predicted octanol–water partition coefficient (Wildman–Crippen LogP) is 3.71. The highest BCUT2D eigenvalue weighted by Crippen LogP contribution is 2.27. The van der Waals surface area contributed by atoms with Crippen molar-refractivity contribution in [3.8, 4) is 0 Å². The van der Waals surface area contributed by atoms with Crippen LogP contribution in [0.2, 0.25) is 0 Å². The summed E-state index contributed by atoms with van der Waals surface area (Å²) >= 11 is 0. The summed E-state index contributed by atoms with van der Waals surface area (Å²) in [5, 5.41) is 1.41. The summed E-state index contributed by atoms with van der Waals surface area (Å²) in [4.78, 5) is 11.3. The van der Waals surface area contributed by atoms with E-state index >= 15 is 0 Å². The molecule has 0 heterocycles. The maximum absolute atomic E-state index is 13.8. The molecular formula is C17H20FNO2. The smallest absolute Gasteiger partial charge is 0.305 e. The molecule has 3 nitrogen and oxygen atoms in total. The summed E-state index contributed by atoms with van der Waals surface area (Å²) in [6.45, 7) is 2.18. The van der Waals surface area contributed by atoms with E-state index in [4.69, 9.17) is 10.5 Å². The number of fused-ring (bicyclic) bond motifs is 1. The predicted molar refractivity (Wildman–Crippen MR) is 81.3 cm³/mol. The molecule has 21 heavy (non-hydrogen) atoms. The van der Waals surface area contributed by atoms with Crippen LogP contribution < -0.4 is 5.73 Å². The van der Waals surface area contributed by atoms with E-state index in [1.165, 1.54) is 6.07 Å². The molecule has 1 atom stereocenters. The zero-order valence-corrected chi connectivity index (χ0v) is 12.1. The molecule has 0 saturated heterocycles. The molecule has 2 rings (SSSR count). The minimum Gasteiger partial charge on any atom is -0.466 e. The van der Waals surface area contributed by atoms with E-state index in [9.17, 15) is 9.18 Å². The highest BCUT2D eigenvalue weighted by Gasteiger charge is 2.13. The number of halogens is 1. The van der Waals surface area contributed by atoms with Crippen molar-refractivity contribution in [2.24, 2.45) is 5.73 Å². The Hall–Kier alpha value is -1.94. The van der Waals surface area contributed by atoms with Gasteiger partial charge in [-0.3, -0.25) is 4.79 Å². The van der Waals surface area contributed by atoms with Gasteiger partial charge in [0, 0.05) is 17.8 Å². The second-order valence-corrected chi connectivity index (χ2v) is 4.99. The molecule has 1 unspecified atom stereocenters. The Labute approximate surface area is 123 Å². The van der Waals surface area contributed by atoms with Crippen LogP contribution in [0.1, 0.15) is 37.8 Å². The number of benzene rings is 2. The van der Waals surface area contributed by atoms with Crippen molar-refractivity contribution < 1.29 is 13.9 Å². The van der Waals surface area contributed by atoms with E-state index in [2.05, 4.69) is 0 Å². The topological polar surface area (TPSA) is 52.3 Å². The molecule has 0 aromatic heterocycles. The van der Waals surface area contributed by atoms with Crippen molar-refractivity contribution in [3.63, 3.8) is 0 Å². The lowest BCUT2D eigenvalue weighted by Gasteiger charge is -2.15. The van der Waals surface area contributed by atoms with Gasteiger partial charge < -0.3 is 10.5 Å². The molecule has 0 aliphatic rings. The van der Waals surface area contributed by atoms with Crippen LogP contribution in [0.25, 0.3) is 10.8 Å². The summed E-state index contributed by atoms with van der Waals surface area (Å²) in [7, 11) is 0. The molecule has 4 heteroatoms. The Kier molecular flexibility index (Phi) is 5.28. The van der Waals surface area contributed by atoms with Crippen molar-refractivity contribution in [2.45, 2.75) is 32.2 Å². The fourth-order valence-corrected chi connectivity index (χ4v) is 2.46. The van der Waals surface area contributed by atoms with E-state index in [1.54, 1.807) is 19.1 Å². The third-order valence-electron chi connectivity index (χ3n) is 3.51. The third-order valence-corrected chi connectivity index (χ3v) is 3.51. The normalized spacial score (nSPS) is 12.3. The first-order chi connectivity index (χ1) is 10.1. The van der Waals surface area contributed by atoms with E-state index < -0.39 is 0 Å². The largest absolute Gasteiger partial charge is 0.466 e. The van der Waals surface area contributed by atoms with E-state index in [-0.39, 0.29) is 17.8 Å². The Balaban J connectivity index is 2.08. The van der Waals surface area contributed by atoms with Crippen LogP contribution in [0.15, 0.2) is 36.4 Å². The highest BCUT2D eigenvalue weighted by atomic mass is 19.1. The van der Waals surface area contributed by atoms with Crippen molar-refractivity contribution in [2.75, 3.05) is 6.61 Å². The van der Waals surface area contributed by atoms with Gasteiger partial charge in [-0.25, -0.2) is 4.39 Å². The lowest BCUT2D eigenvalue weighted by molar-refractivity contribution is -0.143. The van der Waals surface area contributed by atoms with Crippen LogP contribution in [-0.2, 0) is 9.53 Å². The first kappa shape index (κ1) is 15.4. The molecule has 0 fully saturated rings. The van der Waals surface area contributed by atoms with E-state index in [1.807, 2.05) is 18.2 Å². The maximum atomic E-state index is 13.8. The van der Waals surface area contributed by atoms with Gasteiger partial charge in [0.2, 0.25) is 0 Å². The number of hydrogen-bond donors (Lipinski definition) is 1. The van der Waals surface area contributed by atoms with Crippen LogP contribution in [-0.4, -0.2) is 12.6 Å². The molecule has 0 amide bonds. The standard InChI is InChI=1S/C17H20FNO2/c1-2-21-17(20)9-5-8-16(19)14-10-11-15(18)13-7-4-3-6-12(13)14/h3-4,6-7,10-11,16H,2,5,8-9,19H2,1H3. The molecule has 2 aromatic carbocycles. The van der Waals surface area contributed by atoms with Gasteiger partial charge in [0.15, 0.2) is 0 Å². The molecule has 0 radical (unpaired) electrons. The van der Waals surface area contributed by atoms with Gasteiger partial charge in [-0.1, -0.05) is 30.3 Å². The van der Waals surface area contributed by atoms with Crippen molar-refractivity contribution >= 4 is 16.7 Å². The summed E-state index contributed by atoms with van der Waals surface area (Å²) < 4.78 is 18.7. The minimum absolute atomic E-state index is 0.200. The van der Waals surface area contributed by atoms with Crippen LogP contribution in [0.3, 0.4) is 0 Å². The van der Waals surface area contributed by atoms with Crippen LogP contribution in [0.4, 0.5) is 4.39 Å². The molecule has 0 bridgehead atoms. The van der Waals surface area contributed by atoms with Crippen molar-refractivity contribution in [1.29, 1.82) is 0 Å². The van der Waals surface area contributed by atoms with Gasteiger partial charge in [-0.05, 0) is 36.8 Å². The highest BCUT2D eigenvalue weighted by molar-refractivity contribution is 5.86. The first-order valence-corrected chi connectivity index (χ1v) is 7.21. The summed E-state index contributed by atoms with van der Waals surface area (Å²) in [6.07, 6.45) is 1.68. The molecule has 2 N–H and O–H groups in total. The SMILES string of the molecule is CCOC(=O)CCCC(N)c1ccc(F)c2ccccc12. The number of nitrogens with two attached hydrogens (primary N) is 1. The third kappa shape index (κ3) is 3.79. The second kappa shape index (κ2) is 7.18. The fraction of sp³-hybridized carbons (Fsp3) is 0.353. The molecule has 0 spiro atoms. The molecule has 0 aliphatic carbocycles.